The summed E-state index contributed by atoms with van der Waals surface area (Å²) >= 11 is 0. The standard InChI is InChI=1S/C18H32O2/c1-7-19-18(20-8-2)17(6)14-10-13-16(5)12-9-11-15(3)4/h10-11,13-14,17-18H,7-9,12H2,1-6H3/b14-10+,16-13-. The van der Waals surface area contributed by atoms with Gasteiger partial charge in [-0.3, -0.25) is 0 Å². The quantitative estimate of drug-likeness (QED) is 0.308. The summed E-state index contributed by atoms with van der Waals surface area (Å²) in [5.74, 6) is 0.261. The highest BCUT2D eigenvalue weighted by molar-refractivity contribution is 5.12. The van der Waals surface area contributed by atoms with Gasteiger partial charge in [-0.1, -0.05) is 42.4 Å². The molecule has 0 saturated heterocycles. The molecule has 2 heteroatoms. The lowest BCUT2D eigenvalue weighted by Crippen LogP contribution is -2.24. The highest BCUT2D eigenvalue weighted by Crippen LogP contribution is 2.12. The summed E-state index contributed by atoms with van der Waals surface area (Å²) in [5, 5.41) is 0. The molecule has 0 saturated carbocycles. The molecule has 0 heterocycles. The van der Waals surface area contributed by atoms with Gasteiger partial charge in [0.05, 0.1) is 0 Å². The molecule has 1 atom stereocenters. The molecule has 0 aromatic rings. The number of allylic oxidation sites excluding steroid dienone is 5. The Balaban J connectivity index is 4.27. The van der Waals surface area contributed by atoms with Crippen LogP contribution < -0.4 is 0 Å². The van der Waals surface area contributed by atoms with Gasteiger partial charge in [0.2, 0.25) is 0 Å². The third-order valence-corrected chi connectivity index (χ3v) is 2.98. The average Bonchev–Trinajstić information content (AvgIpc) is 2.38. The Labute approximate surface area is 125 Å². The minimum absolute atomic E-state index is 0.138. The molecular formula is C18H32O2. The highest BCUT2D eigenvalue weighted by Gasteiger charge is 2.14. The normalized spacial score (nSPS) is 14.1. The van der Waals surface area contributed by atoms with Crippen LogP contribution in [0.15, 0.2) is 35.5 Å². The van der Waals surface area contributed by atoms with Crippen molar-refractivity contribution in [2.45, 2.75) is 60.7 Å². The van der Waals surface area contributed by atoms with Crippen LogP contribution in [0, 0.1) is 5.92 Å². The van der Waals surface area contributed by atoms with Crippen molar-refractivity contribution in [3.05, 3.63) is 35.5 Å². The Morgan fingerprint density at radius 3 is 2.15 bits per heavy atom. The molecular weight excluding hydrogens is 248 g/mol. The fraction of sp³-hybridized carbons (Fsp3) is 0.667. The third kappa shape index (κ3) is 9.99. The number of hydrogen-bond acceptors (Lipinski definition) is 2. The maximum atomic E-state index is 5.59. The van der Waals surface area contributed by atoms with Crippen LogP contribution in [0.3, 0.4) is 0 Å². The van der Waals surface area contributed by atoms with Gasteiger partial charge in [0, 0.05) is 19.1 Å². The summed E-state index contributed by atoms with van der Waals surface area (Å²) in [4.78, 5) is 0. The molecule has 0 bridgehead atoms. The predicted octanol–water partition coefficient (Wildman–Crippen LogP) is 5.27. The van der Waals surface area contributed by atoms with Gasteiger partial charge in [0.15, 0.2) is 6.29 Å². The van der Waals surface area contributed by atoms with Gasteiger partial charge < -0.3 is 9.47 Å². The first kappa shape index (κ1) is 19.1. The van der Waals surface area contributed by atoms with Crippen molar-refractivity contribution in [2.24, 2.45) is 5.92 Å². The highest BCUT2D eigenvalue weighted by atomic mass is 16.7. The van der Waals surface area contributed by atoms with E-state index in [-0.39, 0.29) is 12.2 Å². The Hall–Kier alpha value is -0.860. The molecule has 0 aliphatic heterocycles. The van der Waals surface area contributed by atoms with Crippen molar-refractivity contribution in [3.8, 4) is 0 Å². The van der Waals surface area contributed by atoms with Crippen LogP contribution in [-0.4, -0.2) is 19.5 Å². The Kier molecular flexibility index (Phi) is 11.4. The molecule has 0 aliphatic rings. The van der Waals surface area contributed by atoms with Crippen molar-refractivity contribution in [2.75, 3.05) is 13.2 Å². The number of rotatable bonds is 10. The summed E-state index contributed by atoms with van der Waals surface area (Å²) in [5.41, 5.74) is 2.79. The summed E-state index contributed by atoms with van der Waals surface area (Å²) in [6, 6.07) is 0. The second kappa shape index (κ2) is 11.9. The molecule has 0 radical (unpaired) electrons. The van der Waals surface area contributed by atoms with Gasteiger partial charge in [0.25, 0.3) is 0 Å². The van der Waals surface area contributed by atoms with Crippen LogP contribution in [0.2, 0.25) is 0 Å². The molecule has 0 N–H and O–H groups in total. The molecule has 0 amide bonds. The van der Waals surface area contributed by atoms with Crippen LogP contribution in [0.1, 0.15) is 54.4 Å². The fourth-order valence-electron chi connectivity index (χ4n) is 1.84. The van der Waals surface area contributed by atoms with Crippen molar-refractivity contribution in [1.29, 1.82) is 0 Å². The average molecular weight is 280 g/mol. The summed E-state index contributed by atoms with van der Waals surface area (Å²) in [6.45, 7) is 13.9. The zero-order valence-electron chi connectivity index (χ0n) is 14.1. The Morgan fingerprint density at radius 2 is 1.65 bits per heavy atom. The molecule has 1 unspecified atom stereocenters. The molecule has 0 aromatic carbocycles. The van der Waals surface area contributed by atoms with Gasteiger partial charge in [-0.2, -0.15) is 0 Å². The lowest BCUT2D eigenvalue weighted by molar-refractivity contribution is -0.154. The smallest absolute Gasteiger partial charge is 0.163 e. The zero-order chi connectivity index (χ0) is 15.4. The molecule has 0 aliphatic carbocycles. The topological polar surface area (TPSA) is 18.5 Å². The second-order valence-corrected chi connectivity index (χ2v) is 5.36. The largest absolute Gasteiger partial charge is 0.352 e. The molecule has 0 fully saturated rings. The first-order valence-electron chi connectivity index (χ1n) is 7.71. The van der Waals surface area contributed by atoms with E-state index in [1.54, 1.807) is 0 Å². The Bertz CT molecular complexity index is 316. The van der Waals surface area contributed by atoms with E-state index in [0.717, 1.165) is 12.8 Å². The van der Waals surface area contributed by atoms with Gasteiger partial charge in [0.1, 0.15) is 0 Å². The van der Waals surface area contributed by atoms with Crippen LogP contribution in [0.5, 0.6) is 0 Å². The molecule has 0 aromatic heterocycles. The molecule has 20 heavy (non-hydrogen) atoms. The van der Waals surface area contributed by atoms with Crippen molar-refractivity contribution < 1.29 is 9.47 Å². The van der Waals surface area contributed by atoms with Gasteiger partial charge >= 0.3 is 0 Å². The van der Waals surface area contributed by atoms with Crippen molar-refractivity contribution >= 4 is 0 Å². The molecule has 2 nitrogen and oxygen atoms in total. The van der Waals surface area contributed by atoms with E-state index in [1.165, 1.54) is 11.1 Å². The minimum atomic E-state index is -0.138. The first-order valence-corrected chi connectivity index (χ1v) is 7.71. The summed E-state index contributed by atoms with van der Waals surface area (Å²) in [6.07, 6.45) is 10.8. The third-order valence-electron chi connectivity index (χ3n) is 2.98. The van der Waals surface area contributed by atoms with Crippen LogP contribution in [0.25, 0.3) is 0 Å². The molecule has 0 rings (SSSR count). The first-order chi connectivity index (χ1) is 9.51. The van der Waals surface area contributed by atoms with E-state index in [4.69, 9.17) is 9.47 Å². The van der Waals surface area contributed by atoms with E-state index in [9.17, 15) is 0 Å². The molecule has 116 valence electrons. The Morgan fingerprint density at radius 1 is 1.05 bits per heavy atom. The maximum Gasteiger partial charge on any atom is 0.163 e. The van der Waals surface area contributed by atoms with E-state index >= 15 is 0 Å². The number of hydrogen-bond donors (Lipinski definition) is 0. The summed E-state index contributed by atoms with van der Waals surface area (Å²) < 4.78 is 11.2. The summed E-state index contributed by atoms with van der Waals surface area (Å²) in [7, 11) is 0. The van der Waals surface area contributed by atoms with Crippen molar-refractivity contribution in [1.82, 2.24) is 0 Å². The maximum absolute atomic E-state index is 5.59. The van der Waals surface area contributed by atoms with E-state index in [1.807, 2.05) is 13.8 Å². The monoisotopic (exact) mass is 280 g/mol. The minimum Gasteiger partial charge on any atom is -0.352 e. The van der Waals surface area contributed by atoms with Gasteiger partial charge in [-0.05, 0) is 47.5 Å². The van der Waals surface area contributed by atoms with Gasteiger partial charge in [-0.15, -0.1) is 0 Å². The van der Waals surface area contributed by atoms with Crippen LogP contribution in [-0.2, 0) is 9.47 Å². The zero-order valence-corrected chi connectivity index (χ0v) is 14.1. The van der Waals surface area contributed by atoms with Crippen LogP contribution >= 0.6 is 0 Å². The van der Waals surface area contributed by atoms with E-state index in [0.29, 0.717) is 13.2 Å². The van der Waals surface area contributed by atoms with Gasteiger partial charge in [-0.25, -0.2) is 0 Å². The number of ether oxygens (including phenoxy) is 2. The van der Waals surface area contributed by atoms with E-state index in [2.05, 4.69) is 52.0 Å². The van der Waals surface area contributed by atoms with E-state index < -0.39 is 0 Å². The van der Waals surface area contributed by atoms with Crippen molar-refractivity contribution in [3.63, 3.8) is 0 Å². The second-order valence-electron chi connectivity index (χ2n) is 5.36. The molecule has 0 spiro atoms. The lowest BCUT2D eigenvalue weighted by atomic mass is 10.1. The fourth-order valence-corrected chi connectivity index (χ4v) is 1.84. The lowest BCUT2D eigenvalue weighted by Gasteiger charge is -2.20. The predicted molar refractivity (Wildman–Crippen MR) is 87.8 cm³/mol. The SMILES string of the molecule is CCOC(OCC)C(C)/C=C/C=C(/C)CCC=C(C)C. The van der Waals surface area contributed by atoms with Crippen LogP contribution in [0.4, 0.5) is 0 Å².